The Morgan fingerprint density at radius 1 is 1.09 bits per heavy atom. The van der Waals surface area contributed by atoms with E-state index in [0.29, 0.717) is 45.0 Å². The molecule has 1 N–H and O–H groups in total. The molecule has 35 heavy (non-hydrogen) atoms. The maximum atomic E-state index is 11.9. The summed E-state index contributed by atoms with van der Waals surface area (Å²) < 4.78 is 10.8. The zero-order valence-corrected chi connectivity index (χ0v) is 21.0. The first kappa shape index (κ1) is 24.5. The molecule has 0 aliphatic rings. The summed E-state index contributed by atoms with van der Waals surface area (Å²) in [4.78, 5) is 21.2. The fourth-order valence-corrected chi connectivity index (χ4v) is 4.57. The van der Waals surface area contributed by atoms with E-state index in [1.807, 2.05) is 43.3 Å². The first-order valence-electron chi connectivity index (χ1n) is 10.7. The predicted octanol–water partition coefficient (Wildman–Crippen LogP) is 6.64. The van der Waals surface area contributed by atoms with Gasteiger partial charge in [-0.05, 0) is 47.9 Å². The van der Waals surface area contributed by atoms with Gasteiger partial charge in [0.15, 0.2) is 0 Å². The standard InChI is InChI=1S/C27H23Cl2N3O3/c1-5-24(33)32-20-8-6-7-15(2)18(20)12-23-30-14-17-11-16(9-10-19(17)31-23)25-26(28)21(34-3)13-22(35-4)27(25)29/h5-11,13-14H,1,12H2,2-4H3,(H,32,33). The van der Waals surface area contributed by atoms with Gasteiger partial charge < -0.3 is 14.8 Å². The highest BCUT2D eigenvalue weighted by molar-refractivity contribution is 6.41. The molecular weight excluding hydrogens is 485 g/mol. The van der Waals surface area contributed by atoms with Crippen LogP contribution in [0.25, 0.3) is 22.0 Å². The maximum absolute atomic E-state index is 11.9. The van der Waals surface area contributed by atoms with Gasteiger partial charge in [0.2, 0.25) is 5.91 Å². The summed E-state index contributed by atoms with van der Waals surface area (Å²) in [5.41, 5.74) is 4.85. The number of aryl methyl sites for hydroxylation is 1. The Labute approximate surface area is 213 Å². The van der Waals surface area contributed by atoms with E-state index in [-0.39, 0.29) is 5.91 Å². The van der Waals surface area contributed by atoms with Crippen LogP contribution in [0.5, 0.6) is 11.5 Å². The third-order valence-electron chi connectivity index (χ3n) is 5.68. The number of carbonyl (C=O) groups excluding carboxylic acids is 1. The van der Waals surface area contributed by atoms with Crippen molar-refractivity contribution in [2.24, 2.45) is 0 Å². The van der Waals surface area contributed by atoms with E-state index in [4.69, 9.17) is 37.7 Å². The highest BCUT2D eigenvalue weighted by atomic mass is 35.5. The van der Waals surface area contributed by atoms with Crippen molar-refractivity contribution in [3.63, 3.8) is 0 Å². The van der Waals surface area contributed by atoms with Crippen molar-refractivity contribution in [1.82, 2.24) is 9.97 Å². The van der Waals surface area contributed by atoms with Crippen LogP contribution < -0.4 is 14.8 Å². The van der Waals surface area contributed by atoms with E-state index in [0.717, 1.165) is 27.6 Å². The molecule has 0 saturated carbocycles. The number of benzene rings is 3. The molecule has 6 nitrogen and oxygen atoms in total. The molecule has 3 aromatic carbocycles. The van der Waals surface area contributed by atoms with E-state index in [2.05, 4.69) is 16.9 Å². The summed E-state index contributed by atoms with van der Waals surface area (Å²) in [5.74, 6) is 1.29. The van der Waals surface area contributed by atoms with E-state index in [9.17, 15) is 4.79 Å². The second kappa shape index (κ2) is 10.3. The number of hydrogen-bond donors (Lipinski definition) is 1. The van der Waals surface area contributed by atoms with Gasteiger partial charge in [0.25, 0.3) is 0 Å². The number of aromatic nitrogens is 2. The Balaban J connectivity index is 1.72. The lowest BCUT2D eigenvalue weighted by molar-refractivity contribution is -0.111. The van der Waals surface area contributed by atoms with Crippen LogP contribution in [-0.4, -0.2) is 30.1 Å². The molecule has 178 valence electrons. The Morgan fingerprint density at radius 2 is 1.80 bits per heavy atom. The fourth-order valence-electron chi connectivity index (χ4n) is 3.85. The zero-order chi connectivity index (χ0) is 25.1. The Hall–Kier alpha value is -3.61. The average molecular weight is 508 g/mol. The number of nitrogens with one attached hydrogen (secondary N) is 1. The highest BCUT2D eigenvalue weighted by Gasteiger charge is 2.19. The maximum Gasteiger partial charge on any atom is 0.247 e. The minimum atomic E-state index is -0.268. The quantitative estimate of drug-likeness (QED) is 0.283. The second-order valence-electron chi connectivity index (χ2n) is 7.82. The molecule has 1 heterocycles. The molecule has 0 radical (unpaired) electrons. The van der Waals surface area contributed by atoms with E-state index < -0.39 is 0 Å². The molecule has 0 fully saturated rings. The SMILES string of the molecule is C=CC(=O)Nc1cccc(C)c1Cc1ncc2cc(-c3c(Cl)c(OC)cc(OC)c3Cl)ccc2n1. The van der Waals surface area contributed by atoms with Crippen molar-refractivity contribution in [2.75, 3.05) is 19.5 Å². The van der Waals surface area contributed by atoms with Crippen LogP contribution in [-0.2, 0) is 11.2 Å². The monoisotopic (exact) mass is 507 g/mol. The van der Waals surface area contributed by atoms with Gasteiger partial charge in [0.1, 0.15) is 17.3 Å². The largest absolute Gasteiger partial charge is 0.495 e. The van der Waals surface area contributed by atoms with Gasteiger partial charge in [0, 0.05) is 35.3 Å². The fraction of sp³-hybridized carbons (Fsp3) is 0.148. The van der Waals surface area contributed by atoms with Gasteiger partial charge >= 0.3 is 0 Å². The third kappa shape index (κ3) is 4.94. The number of ether oxygens (including phenoxy) is 2. The molecule has 4 rings (SSSR count). The molecule has 1 aromatic heterocycles. The molecule has 1 amide bonds. The first-order valence-corrected chi connectivity index (χ1v) is 11.5. The van der Waals surface area contributed by atoms with Crippen LogP contribution in [0.4, 0.5) is 5.69 Å². The number of hydrogen-bond acceptors (Lipinski definition) is 5. The number of anilines is 1. The molecule has 0 atom stereocenters. The molecule has 0 aliphatic heterocycles. The second-order valence-corrected chi connectivity index (χ2v) is 8.57. The molecule has 0 spiro atoms. The minimum absolute atomic E-state index is 0.268. The summed E-state index contributed by atoms with van der Waals surface area (Å²) >= 11 is 13.2. The van der Waals surface area contributed by atoms with E-state index in [1.54, 1.807) is 12.3 Å². The Morgan fingerprint density at radius 3 is 2.46 bits per heavy atom. The zero-order valence-electron chi connectivity index (χ0n) is 19.5. The Kier molecular flexibility index (Phi) is 7.24. The lowest BCUT2D eigenvalue weighted by Crippen LogP contribution is -2.11. The number of carbonyl (C=O) groups is 1. The van der Waals surface area contributed by atoms with Gasteiger partial charge in [-0.2, -0.15) is 0 Å². The number of amides is 1. The van der Waals surface area contributed by atoms with Crippen molar-refractivity contribution in [3.05, 3.63) is 88.3 Å². The molecule has 0 aliphatic carbocycles. The van der Waals surface area contributed by atoms with Gasteiger partial charge in [-0.1, -0.05) is 48.0 Å². The van der Waals surface area contributed by atoms with Crippen molar-refractivity contribution < 1.29 is 14.3 Å². The van der Waals surface area contributed by atoms with Crippen LogP contribution in [0.2, 0.25) is 10.0 Å². The van der Waals surface area contributed by atoms with Crippen LogP contribution >= 0.6 is 23.2 Å². The molecule has 0 saturated heterocycles. The van der Waals surface area contributed by atoms with Crippen LogP contribution in [0.1, 0.15) is 17.0 Å². The highest BCUT2D eigenvalue weighted by Crippen LogP contribution is 2.46. The summed E-state index contributed by atoms with van der Waals surface area (Å²) in [6.07, 6.45) is 3.47. The smallest absolute Gasteiger partial charge is 0.247 e. The van der Waals surface area contributed by atoms with Crippen molar-refractivity contribution in [2.45, 2.75) is 13.3 Å². The number of fused-ring (bicyclic) bond motifs is 1. The van der Waals surface area contributed by atoms with Crippen molar-refractivity contribution >= 4 is 45.7 Å². The van der Waals surface area contributed by atoms with Gasteiger partial charge in [-0.25, -0.2) is 9.97 Å². The summed E-state index contributed by atoms with van der Waals surface area (Å²) in [6.45, 7) is 5.51. The molecule has 0 bridgehead atoms. The van der Waals surface area contributed by atoms with E-state index in [1.165, 1.54) is 20.3 Å². The predicted molar refractivity (Wildman–Crippen MR) is 141 cm³/mol. The topological polar surface area (TPSA) is 73.3 Å². The number of methoxy groups -OCH3 is 2. The molecule has 8 heteroatoms. The normalized spacial score (nSPS) is 10.8. The Bertz CT molecular complexity index is 1430. The molecule has 4 aromatic rings. The van der Waals surface area contributed by atoms with E-state index >= 15 is 0 Å². The number of halogens is 2. The van der Waals surface area contributed by atoms with Crippen molar-refractivity contribution in [1.29, 1.82) is 0 Å². The first-order chi connectivity index (χ1) is 16.9. The lowest BCUT2D eigenvalue weighted by Gasteiger charge is -2.15. The molecule has 0 unspecified atom stereocenters. The van der Waals surface area contributed by atoms with Crippen LogP contribution in [0, 0.1) is 6.92 Å². The minimum Gasteiger partial charge on any atom is -0.495 e. The average Bonchev–Trinajstić information content (AvgIpc) is 2.86. The third-order valence-corrected chi connectivity index (χ3v) is 6.43. The lowest BCUT2D eigenvalue weighted by atomic mass is 10.0. The van der Waals surface area contributed by atoms with Gasteiger partial charge in [-0.15, -0.1) is 0 Å². The number of nitrogens with zero attached hydrogens (tertiary/aromatic N) is 2. The van der Waals surface area contributed by atoms with Crippen LogP contribution in [0.3, 0.4) is 0 Å². The summed E-state index contributed by atoms with van der Waals surface area (Å²) in [5, 5.41) is 4.46. The van der Waals surface area contributed by atoms with Gasteiger partial charge in [-0.3, -0.25) is 4.79 Å². The summed E-state index contributed by atoms with van der Waals surface area (Å²) in [7, 11) is 3.08. The number of rotatable bonds is 7. The van der Waals surface area contributed by atoms with Gasteiger partial charge in [0.05, 0.1) is 29.8 Å². The summed E-state index contributed by atoms with van der Waals surface area (Å²) in [6, 6.07) is 13.1. The van der Waals surface area contributed by atoms with Crippen LogP contribution in [0.15, 0.2) is 61.3 Å². The van der Waals surface area contributed by atoms with Crippen molar-refractivity contribution in [3.8, 4) is 22.6 Å². The molecular formula is C27H23Cl2N3O3.